The third-order valence-corrected chi connectivity index (χ3v) is 5.70. The first-order valence-electron chi connectivity index (χ1n) is 7.83. The van der Waals surface area contributed by atoms with E-state index in [4.69, 9.17) is 16.7 Å². The van der Waals surface area contributed by atoms with Crippen LogP contribution in [-0.2, 0) is 14.8 Å². The van der Waals surface area contributed by atoms with Gasteiger partial charge in [-0.05, 0) is 40.6 Å². The summed E-state index contributed by atoms with van der Waals surface area (Å²) >= 11 is 5.85. The second-order valence-electron chi connectivity index (χ2n) is 5.83. The van der Waals surface area contributed by atoms with Crippen molar-refractivity contribution in [3.63, 3.8) is 0 Å². The molecule has 0 spiro atoms. The maximum atomic E-state index is 12.8. The molecule has 134 valence electrons. The van der Waals surface area contributed by atoms with Gasteiger partial charge in [-0.25, -0.2) is 13.1 Å². The van der Waals surface area contributed by atoms with E-state index in [1.807, 2.05) is 24.3 Å². The summed E-state index contributed by atoms with van der Waals surface area (Å²) in [6.07, 6.45) is -0.381. The number of carbonyl (C=O) groups is 1. The summed E-state index contributed by atoms with van der Waals surface area (Å²) in [5, 5.41) is 11.3. The van der Waals surface area contributed by atoms with Crippen molar-refractivity contribution in [2.24, 2.45) is 0 Å². The summed E-state index contributed by atoms with van der Waals surface area (Å²) in [5.74, 6) is -1.11. The second-order valence-corrected chi connectivity index (χ2v) is 7.98. The van der Waals surface area contributed by atoms with Crippen LogP contribution >= 0.6 is 11.6 Å². The Kier molecular flexibility index (Phi) is 5.27. The molecule has 0 amide bonds. The van der Waals surface area contributed by atoms with E-state index in [2.05, 4.69) is 4.72 Å². The van der Waals surface area contributed by atoms with Gasteiger partial charge >= 0.3 is 5.97 Å². The van der Waals surface area contributed by atoms with E-state index in [9.17, 15) is 13.2 Å². The van der Waals surface area contributed by atoms with Crippen LogP contribution in [0.25, 0.3) is 10.8 Å². The minimum Gasteiger partial charge on any atom is -0.481 e. The summed E-state index contributed by atoms with van der Waals surface area (Å²) in [4.78, 5) is 11.3. The summed E-state index contributed by atoms with van der Waals surface area (Å²) in [5.41, 5.74) is 0.529. The summed E-state index contributed by atoms with van der Waals surface area (Å²) < 4.78 is 28.0. The van der Waals surface area contributed by atoms with Crippen LogP contribution in [-0.4, -0.2) is 19.5 Å². The van der Waals surface area contributed by atoms with Crippen LogP contribution < -0.4 is 4.72 Å². The Morgan fingerprint density at radius 2 is 1.65 bits per heavy atom. The van der Waals surface area contributed by atoms with E-state index in [0.717, 1.165) is 10.8 Å². The van der Waals surface area contributed by atoms with E-state index >= 15 is 0 Å². The summed E-state index contributed by atoms with van der Waals surface area (Å²) in [6, 6.07) is 17.7. The van der Waals surface area contributed by atoms with Gasteiger partial charge in [-0.2, -0.15) is 0 Å². The number of carboxylic acid groups (broad SMARTS) is 1. The van der Waals surface area contributed by atoms with Crippen molar-refractivity contribution in [2.75, 3.05) is 0 Å². The monoisotopic (exact) mass is 389 g/mol. The highest BCUT2D eigenvalue weighted by molar-refractivity contribution is 7.89. The first-order chi connectivity index (χ1) is 12.3. The Morgan fingerprint density at radius 3 is 2.31 bits per heavy atom. The quantitative estimate of drug-likeness (QED) is 0.667. The van der Waals surface area contributed by atoms with Crippen LogP contribution in [0.15, 0.2) is 71.6 Å². The highest BCUT2D eigenvalue weighted by Gasteiger charge is 2.24. The van der Waals surface area contributed by atoms with Crippen molar-refractivity contribution in [2.45, 2.75) is 17.4 Å². The van der Waals surface area contributed by atoms with Crippen LogP contribution in [0.5, 0.6) is 0 Å². The number of hydrogen-bond acceptors (Lipinski definition) is 3. The standard InChI is InChI=1S/C19H16ClNO4S/c20-16-8-5-14(6-9-16)18(12-19(22)23)21-26(24,25)17-10-7-13-3-1-2-4-15(13)11-17/h1-11,18,21H,12H2,(H,22,23). The molecule has 0 aliphatic rings. The molecule has 0 fully saturated rings. The normalized spacial score (nSPS) is 12.8. The molecular formula is C19H16ClNO4S. The van der Waals surface area contributed by atoms with Crippen LogP contribution in [0.2, 0.25) is 5.02 Å². The van der Waals surface area contributed by atoms with Crippen molar-refractivity contribution in [1.29, 1.82) is 0 Å². The summed E-state index contributed by atoms with van der Waals surface area (Å²) in [6.45, 7) is 0. The van der Waals surface area contributed by atoms with Crippen molar-refractivity contribution in [1.82, 2.24) is 4.72 Å². The third kappa shape index (κ3) is 4.22. The van der Waals surface area contributed by atoms with Gasteiger partial charge in [0.25, 0.3) is 0 Å². The molecule has 7 heteroatoms. The number of aliphatic carboxylic acids is 1. The molecule has 2 N–H and O–H groups in total. The first kappa shape index (κ1) is 18.4. The van der Waals surface area contributed by atoms with Crippen LogP contribution in [0, 0.1) is 0 Å². The van der Waals surface area contributed by atoms with E-state index in [0.29, 0.717) is 10.6 Å². The molecule has 1 unspecified atom stereocenters. The Morgan fingerprint density at radius 1 is 1.00 bits per heavy atom. The summed E-state index contributed by atoms with van der Waals surface area (Å²) in [7, 11) is -3.90. The van der Waals surface area contributed by atoms with Gasteiger partial charge in [-0.3, -0.25) is 4.79 Å². The first-order valence-corrected chi connectivity index (χ1v) is 9.70. The van der Waals surface area contributed by atoms with Gasteiger partial charge < -0.3 is 5.11 Å². The zero-order chi connectivity index (χ0) is 18.7. The second kappa shape index (κ2) is 7.45. The molecular weight excluding hydrogens is 374 g/mol. The minimum absolute atomic E-state index is 0.0838. The number of hydrogen-bond donors (Lipinski definition) is 2. The molecule has 26 heavy (non-hydrogen) atoms. The van der Waals surface area contributed by atoms with Crippen LogP contribution in [0.4, 0.5) is 0 Å². The lowest BCUT2D eigenvalue weighted by Crippen LogP contribution is -2.30. The molecule has 0 saturated carbocycles. The van der Waals surface area contributed by atoms with E-state index in [1.165, 1.54) is 6.07 Å². The lowest BCUT2D eigenvalue weighted by atomic mass is 10.1. The van der Waals surface area contributed by atoms with E-state index in [-0.39, 0.29) is 11.3 Å². The number of halogens is 1. The zero-order valence-corrected chi connectivity index (χ0v) is 15.2. The van der Waals surface area contributed by atoms with Crippen molar-refractivity contribution >= 4 is 38.4 Å². The molecule has 5 nitrogen and oxygen atoms in total. The molecule has 0 aliphatic heterocycles. The van der Waals surface area contributed by atoms with Crippen LogP contribution in [0.1, 0.15) is 18.0 Å². The molecule has 0 aromatic heterocycles. The minimum atomic E-state index is -3.90. The molecule has 3 aromatic carbocycles. The fourth-order valence-corrected chi connectivity index (χ4v) is 4.07. The number of benzene rings is 3. The predicted molar refractivity (Wildman–Crippen MR) is 101 cm³/mol. The number of sulfonamides is 1. The molecule has 0 saturated heterocycles. The predicted octanol–water partition coefficient (Wildman–Crippen LogP) is 3.99. The Labute approximate surface area is 156 Å². The number of rotatable bonds is 6. The number of nitrogens with one attached hydrogen (secondary N) is 1. The Bertz CT molecular complexity index is 1050. The Balaban J connectivity index is 1.95. The van der Waals surface area contributed by atoms with Gasteiger partial charge in [-0.15, -0.1) is 0 Å². The average Bonchev–Trinajstić information content (AvgIpc) is 2.61. The van der Waals surface area contributed by atoms with Gasteiger partial charge in [0.2, 0.25) is 10.0 Å². The zero-order valence-electron chi connectivity index (χ0n) is 13.6. The van der Waals surface area contributed by atoms with Gasteiger partial charge in [-0.1, -0.05) is 54.1 Å². The van der Waals surface area contributed by atoms with Crippen molar-refractivity contribution in [3.05, 3.63) is 77.3 Å². The molecule has 0 bridgehead atoms. The number of carboxylic acids is 1. The molecule has 0 heterocycles. The Hall–Kier alpha value is -2.41. The molecule has 0 aliphatic carbocycles. The fraction of sp³-hybridized carbons (Fsp3) is 0.105. The molecule has 3 rings (SSSR count). The van der Waals surface area contributed by atoms with Gasteiger partial charge in [0.1, 0.15) is 0 Å². The van der Waals surface area contributed by atoms with E-state index < -0.39 is 22.0 Å². The van der Waals surface area contributed by atoms with E-state index in [1.54, 1.807) is 36.4 Å². The third-order valence-electron chi connectivity index (χ3n) is 3.98. The molecule has 3 aromatic rings. The maximum Gasteiger partial charge on any atom is 0.305 e. The van der Waals surface area contributed by atoms with Crippen molar-refractivity contribution in [3.8, 4) is 0 Å². The lowest BCUT2D eigenvalue weighted by Gasteiger charge is -2.18. The maximum absolute atomic E-state index is 12.8. The van der Waals surface area contributed by atoms with Gasteiger partial charge in [0, 0.05) is 5.02 Å². The highest BCUT2D eigenvalue weighted by Crippen LogP contribution is 2.24. The largest absolute Gasteiger partial charge is 0.481 e. The molecule has 1 atom stereocenters. The van der Waals surface area contributed by atoms with Crippen molar-refractivity contribution < 1.29 is 18.3 Å². The molecule has 0 radical (unpaired) electrons. The SMILES string of the molecule is O=C(O)CC(NS(=O)(=O)c1ccc2ccccc2c1)c1ccc(Cl)cc1. The van der Waals surface area contributed by atoms with Crippen LogP contribution in [0.3, 0.4) is 0 Å². The fourth-order valence-electron chi connectivity index (χ4n) is 2.69. The van der Waals surface area contributed by atoms with Gasteiger partial charge in [0.05, 0.1) is 17.4 Å². The average molecular weight is 390 g/mol. The van der Waals surface area contributed by atoms with Gasteiger partial charge in [0.15, 0.2) is 0 Å². The number of fused-ring (bicyclic) bond motifs is 1. The highest BCUT2D eigenvalue weighted by atomic mass is 35.5. The smallest absolute Gasteiger partial charge is 0.305 e. The lowest BCUT2D eigenvalue weighted by molar-refractivity contribution is -0.137. The topological polar surface area (TPSA) is 83.5 Å².